The minimum atomic E-state index is -1.07. The Labute approximate surface area is 193 Å². The summed E-state index contributed by atoms with van der Waals surface area (Å²) in [5, 5.41) is 3.84. The van der Waals surface area contributed by atoms with Gasteiger partial charge in [0.05, 0.1) is 18.2 Å². The molecule has 2 aromatic rings. The average Bonchev–Trinajstić information content (AvgIpc) is 2.74. The van der Waals surface area contributed by atoms with Crippen molar-refractivity contribution in [2.45, 2.75) is 32.5 Å². The van der Waals surface area contributed by atoms with E-state index >= 15 is 0 Å². The lowest BCUT2D eigenvalue weighted by molar-refractivity contribution is -0.144. The Morgan fingerprint density at radius 2 is 1.91 bits per heavy atom. The van der Waals surface area contributed by atoms with Crippen LogP contribution in [0.3, 0.4) is 0 Å². The number of esters is 1. The Morgan fingerprint density at radius 1 is 1.22 bits per heavy atom. The highest BCUT2D eigenvalue weighted by Gasteiger charge is 2.59. The topological polar surface area (TPSA) is 71.1 Å². The molecule has 168 valence electrons. The molecule has 2 aliphatic heterocycles. The Hall–Kier alpha value is -3.13. The minimum Gasteiger partial charge on any atom is -0.467 e. The third kappa shape index (κ3) is 3.48. The lowest BCUT2D eigenvalue weighted by atomic mass is 9.78. The summed E-state index contributed by atoms with van der Waals surface area (Å²) in [6.45, 7) is 5.97. The van der Waals surface area contributed by atoms with Gasteiger partial charge in [0.15, 0.2) is 10.8 Å². The van der Waals surface area contributed by atoms with Crippen LogP contribution in [-0.4, -0.2) is 48.3 Å². The molecule has 1 N–H and O–H groups in total. The normalized spacial score (nSPS) is 23.5. The van der Waals surface area contributed by atoms with Gasteiger partial charge in [-0.05, 0) is 63.3 Å². The molecule has 0 spiro atoms. The van der Waals surface area contributed by atoms with E-state index in [0.29, 0.717) is 28.7 Å². The monoisotopic (exact) mass is 453 g/mol. The fourth-order valence-corrected chi connectivity index (χ4v) is 4.92. The third-order valence-corrected chi connectivity index (χ3v) is 6.30. The predicted molar refractivity (Wildman–Crippen MR) is 126 cm³/mol. The molecule has 2 heterocycles. The first-order valence-electron chi connectivity index (χ1n) is 10.6. The zero-order valence-electron chi connectivity index (χ0n) is 18.8. The van der Waals surface area contributed by atoms with Gasteiger partial charge in [0.2, 0.25) is 5.91 Å². The van der Waals surface area contributed by atoms with E-state index in [1.807, 2.05) is 36.9 Å². The number of benzene rings is 2. The van der Waals surface area contributed by atoms with E-state index in [4.69, 9.17) is 21.7 Å². The van der Waals surface area contributed by atoms with Crippen LogP contribution < -0.4 is 15.0 Å². The minimum absolute atomic E-state index is 0.0622. The lowest BCUT2D eigenvalue weighted by Gasteiger charge is -2.56. The van der Waals surface area contributed by atoms with Crippen LogP contribution in [0.5, 0.6) is 5.75 Å². The summed E-state index contributed by atoms with van der Waals surface area (Å²) >= 11 is 5.75. The highest BCUT2D eigenvalue weighted by Crippen LogP contribution is 2.50. The summed E-state index contributed by atoms with van der Waals surface area (Å²) in [5.41, 5.74) is 2.09. The number of hydrogen-bond acceptors (Lipinski definition) is 5. The maximum Gasteiger partial charge on any atom is 0.338 e. The lowest BCUT2D eigenvalue weighted by Crippen LogP contribution is -2.72. The van der Waals surface area contributed by atoms with Crippen molar-refractivity contribution in [3.8, 4) is 5.75 Å². The summed E-state index contributed by atoms with van der Waals surface area (Å²) in [5.74, 6) is -0.284. The highest BCUT2D eigenvalue weighted by atomic mass is 32.1. The average molecular weight is 454 g/mol. The number of nitrogens with one attached hydrogen (secondary N) is 1. The second-order valence-electron chi connectivity index (χ2n) is 8.44. The van der Waals surface area contributed by atoms with Crippen molar-refractivity contribution in [2.75, 3.05) is 25.6 Å². The molecule has 0 unspecified atom stereocenters. The SMILES string of the molecule is CCOC(=O)c1ccc(N2C(=S)N[C@H]3c4cc(C)ccc4O[C@@]2(C)[C@@H]3C(=O)N(C)C)cc1. The number of ether oxygens (including phenoxy) is 2. The molecule has 1 fully saturated rings. The van der Waals surface area contributed by atoms with Gasteiger partial charge in [0.1, 0.15) is 11.7 Å². The molecule has 1 amide bonds. The van der Waals surface area contributed by atoms with Crippen molar-refractivity contribution in [2.24, 2.45) is 5.92 Å². The number of aryl methyl sites for hydroxylation is 1. The van der Waals surface area contributed by atoms with Crippen LogP contribution in [0.2, 0.25) is 0 Å². The van der Waals surface area contributed by atoms with Crippen LogP contribution in [0, 0.1) is 12.8 Å². The van der Waals surface area contributed by atoms with E-state index in [1.54, 1.807) is 50.2 Å². The van der Waals surface area contributed by atoms with Gasteiger partial charge >= 0.3 is 5.97 Å². The second-order valence-corrected chi connectivity index (χ2v) is 8.82. The number of rotatable bonds is 4. The van der Waals surface area contributed by atoms with Crippen LogP contribution in [-0.2, 0) is 9.53 Å². The zero-order chi connectivity index (χ0) is 23.2. The molecule has 8 heteroatoms. The van der Waals surface area contributed by atoms with Gasteiger partial charge < -0.3 is 19.7 Å². The van der Waals surface area contributed by atoms with Gasteiger partial charge in [-0.2, -0.15) is 0 Å². The Kier molecular flexibility index (Phi) is 5.58. The van der Waals surface area contributed by atoms with Gasteiger partial charge in [-0.15, -0.1) is 0 Å². The summed E-state index contributed by atoms with van der Waals surface area (Å²) in [6.07, 6.45) is 0. The molecule has 32 heavy (non-hydrogen) atoms. The number of hydrogen-bond donors (Lipinski definition) is 1. The van der Waals surface area contributed by atoms with Crippen molar-refractivity contribution in [3.05, 3.63) is 59.2 Å². The Balaban J connectivity index is 1.81. The van der Waals surface area contributed by atoms with E-state index in [-0.39, 0.29) is 17.9 Å². The summed E-state index contributed by atoms with van der Waals surface area (Å²) < 4.78 is 11.6. The van der Waals surface area contributed by atoms with Gasteiger partial charge in [0.25, 0.3) is 0 Å². The van der Waals surface area contributed by atoms with Crippen LogP contribution in [0.25, 0.3) is 0 Å². The molecule has 2 bridgehead atoms. The maximum absolute atomic E-state index is 13.4. The second kappa shape index (κ2) is 8.09. The van der Waals surface area contributed by atoms with Crippen LogP contribution in [0.1, 0.15) is 41.4 Å². The molecule has 0 aliphatic carbocycles. The fourth-order valence-electron chi connectivity index (χ4n) is 4.51. The maximum atomic E-state index is 13.4. The number of carbonyl (C=O) groups excluding carboxylic acids is 2. The van der Waals surface area contributed by atoms with Crippen LogP contribution in [0.4, 0.5) is 5.69 Å². The molecule has 1 saturated heterocycles. The van der Waals surface area contributed by atoms with E-state index in [0.717, 1.165) is 11.1 Å². The standard InChI is InChI=1S/C24H27N3O4S/c1-6-30-22(29)15-8-10-16(11-9-15)27-23(32)25-20-17-13-14(2)7-12-18(17)31-24(27,3)19(20)21(28)26(4)5/h7-13,19-20H,6H2,1-5H3,(H,25,32)/t19-,20-,24-/m0/s1. The molecule has 3 atom stereocenters. The molecule has 2 aromatic carbocycles. The number of amides is 1. The fraction of sp³-hybridized carbons (Fsp3) is 0.375. The van der Waals surface area contributed by atoms with E-state index in [9.17, 15) is 9.59 Å². The van der Waals surface area contributed by atoms with Gasteiger partial charge in [-0.3, -0.25) is 9.69 Å². The van der Waals surface area contributed by atoms with E-state index < -0.39 is 11.6 Å². The van der Waals surface area contributed by atoms with E-state index in [1.165, 1.54) is 0 Å². The summed E-state index contributed by atoms with van der Waals surface area (Å²) in [7, 11) is 3.48. The Morgan fingerprint density at radius 3 is 2.53 bits per heavy atom. The van der Waals surface area contributed by atoms with Crippen molar-refractivity contribution >= 4 is 34.9 Å². The van der Waals surface area contributed by atoms with Crippen molar-refractivity contribution in [1.82, 2.24) is 10.2 Å². The predicted octanol–water partition coefficient (Wildman–Crippen LogP) is 3.42. The van der Waals surface area contributed by atoms with Gasteiger partial charge in [-0.1, -0.05) is 17.7 Å². The van der Waals surface area contributed by atoms with Crippen molar-refractivity contribution < 1.29 is 19.1 Å². The molecular weight excluding hydrogens is 426 g/mol. The summed E-state index contributed by atoms with van der Waals surface area (Å²) in [4.78, 5) is 28.9. The number of thiocarbonyl (C=S) groups is 1. The van der Waals surface area contributed by atoms with Crippen molar-refractivity contribution in [3.63, 3.8) is 0 Å². The number of carbonyl (C=O) groups is 2. The van der Waals surface area contributed by atoms with Gasteiger partial charge in [0, 0.05) is 25.3 Å². The van der Waals surface area contributed by atoms with E-state index in [2.05, 4.69) is 5.32 Å². The smallest absolute Gasteiger partial charge is 0.338 e. The third-order valence-electron chi connectivity index (χ3n) is 6.00. The van der Waals surface area contributed by atoms with Crippen molar-refractivity contribution in [1.29, 1.82) is 0 Å². The first-order valence-corrected chi connectivity index (χ1v) is 11.0. The Bertz CT molecular complexity index is 1090. The van der Waals surface area contributed by atoms with Crippen LogP contribution >= 0.6 is 12.2 Å². The van der Waals surface area contributed by atoms with Crippen LogP contribution in [0.15, 0.2) is 42.5 Å². The first kappa shape index (κ1) is 22.1. The molecule has 0 saturated carbocycles. The molecule has 2 aliphatic rings. The molecule has 7 nitrogen and oxygen atoms in total. The summed E-state index contributed by atoms with van der Waals surface area (Å²) in [6, 6.07) is 12.6. The highest BCUT2D eigenvalue weighted by molar-refractivity contribution is 7.80. The zero-order valence-corrected chi connectivity index (χ0v) is 19.7. The molecular formula is C24H27N3O4S. The number of nitrogens with zero attached hydrogens (tertiary/aromatic N) is 2. The molecule has 4 rings (SSSR count). The molecule has 0 radical (unpaired) electrons. The first-order chi connectivity index (χ1) is 15.2. The molecule has 0 aromatic heterocycles. The van der Waals surface area contributed by atoms with Gasteiger partial charge in [-0.25, -0.2) is 4.79 Å². The number of fused-ring (bicyclic) bond motifs is 4. The quantitative estimate of drug-likeness (QED) is 0.562. The largest absolute Gasteiger partial charge is 0.467 e. The number of anilines is 1.